The fourth-order valence-corrected chi connectivity index (χ4v) is 5.22. The molecule has 2 aromatic heterocycles. The lowest BCUT2D eigenvalue weighted by Gasteiger charge is -2.21. The van der Waals surface area contributed by atoms with E-state index in [4.69, 9.17) is 16.5 Å². The van der Waals surface area contributed by atoms with Crippen LogP contribution in [0.5, 0.6) is 0 Å². The van der Waals surface area contributed by atoms with E-state index in [1.807, 2.05) is 6.92 Å². The molecule has 0 bridgehead atoms. The number of aromatic nitrogens is 3. The van der Waals surface area contributed by atoms with Gasteiger partial charge in [0.05, 0.1) is 23.5 Å². The van der Waals surface area contributed by atoms with Crippen LogP contribution in [0.2, 0.25) is 0 Å². The number of fused-ring (bicyclic) bond motifs is 2. The molecule has 0 fully saturated rings. The molecule has 1 atom stereocenters. The van der Waals surface area contributed by atoms with E-state index in [-0.39, 0.29) is 29.0 Å². The van der Waals surface area contributed by atoms with Crippen LogP contribution in [0.4, 0.5) is 14.5 Å². The minimum absolute atomic E-state index is 0.142. The first-order valence-corrected chi connectivity index (χ1v) is 14.8. The molecule has 5 rings (SSSR count). The van der Waals surface area contributed by atoms with Gasteiger partial charge >= 0.3 is 11.9 Å². The van der Waals surface area contributed by atoms with E-state index >= 15 is 0 Å². The van der Waals surface area contributed by atoms with Crippen LogP contribution in [-0.4, -0.2) is 49.1 Å². The third-order valence-electron chi connectivity index (χ3n) is 7.11. The van der Waals surface area contributed by atoms with Gasteiger partial charge < -0.3 is 20.5 Å². The number of ether oxygens (including phenoxy) is 1. The maximum Gasteiger partial charge on any atom is 0.354 e. The quantitative estimate of drug-likeness (QED) is 0.151. The molecular weight excluding hydrogens is 638 g/mol. The molecule has 1 aliphatic carbocycles. The molecule has 15 heteroatoms. The van der Waals surface area contributed by atoms with E-state index in [2.05, 4.69) is 25.6 Å². The van der Waals surface area contributed by atoms with Gasteiger partial charge in [-0.1, -0.05) is 12.1 Å². The standard InChI is InChI=1S/C23H23FN4O5.C9H10ClFN2O/c1-11-12-7-8-16(14(12)6-5-13(11)22(32)33-23(2,3)4)27-20(29)18-9-17(21(30)31)26-19-15(24)10-25-28(18)19;1-6(14)13-9-4-7(5-12-10)2-3-8(9)11/h5-6,9-10,16H,7-8H2,1-4H3,(H,27,29)(H,30,31);2-4,12H,5H2,1H3,(H,13,14)/t16-;/m0./s1. The molecule has 2 amide bonds. The first kappa shape index (κ1) is 34.9. The average Bonchev–Trinajstić information content (AvgIpc) is 3.57. The summed E-state index contributed by atoms with van der Waals surface area (Å²) in [6.07, 6.45) is 2.11. The molecule has 2 aromatic carbocycles. The van der Waals surface area contributed by atoms with Crippen LogP contribution in [0.25, 0.3) is 5.65 Å². The van der Waals surface area contributed by atoms with Gasteiger partial charge in [-0.15, -0.1) is 0 Å². The van der Waals surface area contributed by atoms with Crippen LogP contribution in [0, 0.1) is 18.6 Å². The van der Waals surface area contributed by atoms with Crippen LogP contribution in [-0.2, 0) is 22.5 Å². The number of esters is 1. The molecule has 2 heterocycles. The molecule has 4 N–H and O–H groups in total. The molecule has 4 aromatic rings. The highest BCUT2D eigenvalue weighted by Gasteiger charge is 2.30. The summed E-state index contributed by atoms with van der Waals surface area (Å²) in [7, 11) is 0. The van der Waals surface area contributed by atoms with Gasteiger partial charge in [0.2, 0.25) is 5.91 Å². The Morgan fingerprint density at radius 1 is 1.11 bits per heavy atom. The number of halogens is 3. The highest BCUT2D eigenvalue weighted by atomic mass is 35.5. The number of amides is 2. The number of anilines is 1. The number of hydrogen-bond acceptors (Lipinski definition) is 8. The van der Waals surface area contributed by atoms with Crippen LogP contribution >= 0.6 is 11.8 Å². The Kier molecular flexibility index (Phi) is 10.6. The molecule has 0 spiro atoms. The molecule has 1 aliphatic rings. The summed E-state index contributed by atoms with van der Waals surface area (Å²) in [5.74, 6) is -4.00. The Hall–Kier alpha value is -4.95. The number of carbonyl (C=O) groups excluding carboxylic acids is 3. The van der Waals surface area contributed by atoms with Crippen LogP contribution in [0.15, 0.2) is 42.6 Å². The van der Waals surface area contributed by atoms with Crippen LogP contribution < -0.4 is 15.5 Å². The van der Waals surface area contributed by atoms with Crippen molar-refractivity contribution in [2.24, 2.45) is 0 Å². The molecule has 248 valence electrons. The van der Waals surface area contributed by atoms with Crippen LogP contribution in [0.1, 0.15) is 93.7 Å². The first-order valence-electron chi connectivity index (χ1n) is 14.4. The van der Waals surface area contributed by atoms with Gasteiger partial charge in [0.25, 0.3) is 5.91 Å². The van der Waals surface area contributed by atoms with Gasteiger partial charge in [-0.2, -0.15) is 5.10 Å². The number of rotatable bonds is 7. The topological polar surface area (TPSA) is 164 Å². The Morgan fingerprint density at radius 2 is 1.83 bits per heavy atom. The van der Waals surface area contributed by atoms with Crippen LogP contribution in [0.3, 0.4) is 0 Å². The highest BCUT2D eigenvalue weighted by Crippen LogP contribution is 2.35. The van der Waals surface area contributed by atoms with E-state index in [1.54, 1.807) is 39.0 Å². The zero-order valence-electron chi connectivity index (χ0n) is 26.2. The first-order chi connectivity index (χ1) is 22.1. The monoisotopic (exact) mass is 670 g/mol. The number of benzene rings is 2. The molecule has 0 aliphatic heterocycles. The smallest absolute Gasteiger partial charge is 0.354 e. The van der Waals surface area contributed by atoms with Gasteiger partial charge in [0.1, 0.15) is 17.1 Å². The maximum atomic E-state index is 14.0. The van der Waals surface area contributed by atoms with Gasteiger partial charge in [-0.3, -0.25) is 9.59 Å². The fourth-order valence-electron chi connectivity index (χ4n) is 5.07. The number of hydrogen-bond donors (Lipinski definition) is 4. The van der Waals surface area contributed by atoms with Gasteiger partial charge in [-0.25, -0.2) is 32.7 Å². The van der Waals surface area contributed by atoms with Crippen molar-refractivity contribution in [3.05, 3.63) is 93.4 Å². The Morgan fingerprint density at radius 3 is 2.47 bits per heavy atom. The molecule has 0 radical (unpaired) electrons. The summed E-state index contributed by atoms with van der Waals surface area (Å²) in [5.41, 5.74) is 2.50. The van der Waals surface area contributed by atoms with Crippen molar-refractivity contribution in [2.75, 3.05) is 5.32 Å². The molecule has 47 heavy (non-hydrogen) atoms. The number of aromatic carboxylic acids is 1. The summed E-state index contributed by atoms with van der Waals surface area (Å²) in [5, 5.41) is 18.3. The van der Waals surface area contributed by atoms with Gasteiger partial charge in [-0.05, 0) is 92.8 Å². The molecule has 12 nitrogen and oxygen atoms in total. The fraction of sp³-hybridized carbons (Fsp3) is 0.312. The third kappa shape index (κ3) is 8.26. The molecule has 0 saturated heterocycles. The number of carboxylic acids is 1. The van der Waals surface area contributed by atoms with Crippen molar-refractivity contribution < 1.29 is 37.8 Å². The molecule has 0 unspecified atom stereocenters. The second kappa shape index (κ2) is 14.2. The zero-order chi connectivity index (χ0) is 34.6. The summed E-state index contributed by atoms with van der Waals surface area (Å²) in [6, 6.07) is 8.58. The summed E-state index contributed by atoms with van der Waals surface area (Å²) in [6.45, 7) is 8.99. The second-order valence-electron chi connectivity index (χ2n) is 11.7. The highest BCUT2D eigenvalue weighted by molar-refractivity contribution is 6.13. The zero-order valence-corrected chi connectivity index (χ0v) is 27.0. The molecule has 0 saturated carbocycles. The third-order valence-corrected chi connectivity index (χ3v) is 7.24. The largest absolute Gasteiger partial charge is 0.477 e. The van der Waals surface area contributed by atoms with Gasteiger partial charge in [0, 0.05) is 19.5 Å². The van der Waals surface area contributed by atoms with E-state index < -0.39 is 40.8 Å². The van der Waals surface area contributed by atoms with Crippen molar-refractivity contribution in [3.63, 3.8) is 0 Å². The van der Waals surface area contributed by atoms with Crippen molar-refractivity contribution >= 4 is 46.9 Å². The second-order valence-corrected chi connectivity index (χ2v) is 12.0. The average molecular weight is 671 g/mol. The summed E-state index contributed by atoms with van der Waals surface area (Å²) in [4.78, 5) is 53.8. The number of nitrogens with one attached hydrogen (secondary N) is 3. The number of nitrogens with zero attached hydrogens (tertiary/aromatic N) is 3. The van der Waals surface area contributed by atoms with Crippen molar-refractivity contribution in [1.82, 2.24) is 24.8 Å². The van der Waals surface area contributed by atoms with E-state index in [9.17, 15) is 33.1 Å². The Bertz CT molecular complexity index is 1870. The van der Waals surface area contributed by atoms with E-state index in [1.165, 1.54) is 19.1 Å². The van der Waals surface area contributed by atoms with Crippen molar-refractivity contribution in [2.45, 2.75) is 65.6 Å². The SMILES string of the molecule is CC(=O)Nc1cc(CNCl)ccc1F.Cc1c(C(=O)OC(C)(C)C)ccc2c1CC[C@@H]2NC(=O)c1cc(C(=O)O)nc2c(F)cnn12. The molecular formula is C32H33ClF2N6O6. The van der Waals surface area contributed by atoms with Crippen molar-refractivity contribution in [1.29, 1.82) is 0 Å². The normalized spacial score (nSPS) is 13.7. The lowest BCUT2D eigenvalue weighted by molar-refractivity contribution is -0.114. The lowest BCUT2D eigenvalue weighted by atomic mass is 9.97. The lowest BCUT2D eigenvalue weighted by Crippen LogP contribution is -2.29. The Balaban J connectivity index is 0.000000300. The summed E-state index contributed by atoms with van der Waals surface area (Å²) >= 11 is 5.30. The minimum Gasteiger partial charge on any atom is -0.477 e. The van der Waals surface area contributed by atoms with E-state index in [0.717, 1.165) is 39.0 Å². The van der Waals surface area contributed by atoms with E-state index in [0.29, 0.717) is 24.9 Å². The van der Waals surface area contributed by atoms with Crippen molar-refractivity contribution in [3.8, 4) is 0 Å². The number of carboxylic acid groups (broad SMARTS) is 1. The summed E-state index contributed by atoms with van der Waals surface area (Å²) < 4.78 is 33.5. The predicted octanol–water partition coefficient (Wildman–Crippen LogP) is 5.28. The Labute approximate surface area is 273 Å². The van der Waals surface area contributed by atoms with Gasteiger partial charge in [0.15, 0.2) is 17.2 Å². The predicted molar refractivity (Wildman–Crippen MR) is 168 cm³/mol. The maximum absolute atomic E-state index is 14.0. The number of carbonyl (C=O) groups is 4. The minimum atomic E-state index is -1.39.